The van der Waals surface area contributed by atoms with Gasteiger partial charge in [0.1, 0.15) is 6.61 Å². The fourth-order valence-corrected chi connectivity index (χ4v) is 2.58. The minimum absolute atomic E-state index is 0. The van der Waals surface area contributed by atoms with E-state index in [0.717, 1.165) is 25.2 Å². The van der Waals surface area contributed by atoms with Gasteiger partial charge in [-0.3, -0.25) is 0 Å². The van der Waals surface area contributed by atoms with Crippen LogP contribution in [0.25, 0.3) is 0 Å². The van der Waals surface area contributed by atoms with Gasteiger partial charge in [-0.2, -0.15) is 13.2 Å². The quantitative estimate of drug-likeness (QED) is 0.587. The van der Waals surface area contributed by atoms with Crippen LogP contribution in [0.15, 0.2) is 48.5 Å². The van der Waals surface area contributed by atoms with Crippen molar-refractivity contribution in [1.29, 1.82) is 0 Å². The van der Waals surface area contributed by atoms with Crippen LogP contribution < -0.4 is 5.32 Å². The van der Waals surface area contributed by atoms with Crippen molar-refractivity contribution in [2.45, 2.75) is 20.0 Å². The maximum Gasteiger partial charge on any atom is 0.416 e. The Bertz CT molecular complexity index is 765. The fraction of sp³-hybridized carbons (Fsp3) is 0.350. The van der Waals surface area contributed by atoms with Crippen molar-refractivity contribution in [3.8, 4) is 0 Å². The van der Waals surface area contributed by atoms with Gasteiger partial charge < -0.3 is 15.0 Å². The first-order valence-corrected chi connectivity index (χ1v) is 8.78. The summed E-state index contributed by atoms with van der Waals surface area (Å²) >= 11 is 0. The molecule has 2 aromatic rings. The Labute approximate surface area is 169 Å². The number of carbonyl (C=O) groups is 1. The average Bonchev–Trinajstić information content (AvgIpc) is 2.65. The lowest BCUT2D eigenvalue weighted by atomic mass is 10.1. The van der Waals surface area contributed by atoms with Crippen molar-refractivity contribution < 1.29 is 22.7 Å². The SMILES string of the molecule is CCN(CC)CCOC(=O)c1ccccc1Nc1cccc(C(F)(F)F)c1.Cl. The number of nitrogens with zero attached hydrogens (tertiary/aromatic N) is 1. The minimum Gasteiger partial charge on any atom is -0.461 e. The molecular formula is C20H24ClF3N2O2. The molecule has 28 heavy (non-hydrogen) atoms. The molecule has 4 nitrogen and oxygen atoms in total. The first-order chi connectivity index (χ1) is 12.8. The van der Waals surface area contributed by atoms with E-state index in [1.54, 1.807) is 24.3 Å². The van der Waals surface area contributed by atoms with Gasteiger partial charge in [0.25, 0.3) is 0 Å². The number of alkyl halides is 3. The monoisotopic (exact) mass is 416 g/mol. The molecule has 8 heteroatoms. The molecule has 0 aliphatic carbocycles. The molecule has 0 saturated heterocycles. The van der Waals surface area contributed by atoms with Gasteiger partial charge in [-0.1, -0.05) is 32.0 Å². The average molecular weight is 417 g/mol. The van der Waals surface area contributed by atoms with Crippen LogP contribution >= 0.6 is 12.4 Å². The van der Waals surface area contributed by atoms with Gasteiger partial charge in [0.05, 0.1) is 16.8 Å². The zero-order chi connectivity index (χ0) is 19.9. The Morgan fingerprint density at radius 1 is 1.07 bits per heavy atom. The third kappa shape index (κ3) is 6.73. The molecule has 0 spiro atoms. The Kier molecular flexibility index (Phi) is 9.28. The second-order valence-electron chi connectivity index (χ2n) is 5.91. The van der Waals surface area contributed by atoms with Gasteiger partial charge in [0, 0.05) is 12.2 Å². The zero-order valence-electron chi connectivity index (χ0n) is 15.8. The number of para-hydroxylation sites is 1. The van der Waals surface area contributed by atoms with Gasteiger partial charge in [-0.25, -0.2) is 4.79 Å². The van der Waals surface area contributed by atoms with E-state index in [0.29, 0.717) is 12.2 Å². The Morgan fingerprint density at radius 2 is 1.75 bits per heavy atom. The summed E-state index contributed by atoms with van der Waals surface area (Å²) in [5.41, 5.74) is 0.152. The highest BCUT2D eigenvalue weighted by molar-refractivity contribution is 5.96. The van der Waals surface area contributed by atoms with E-state index in [4.69, 9.17) is 4.74 Å². The van der Waals surface area contributed by atoms with Gasteiger partial charge in [0.2, 0.25) is 0 Å². The second kappa shape index (κ2) is 10.9. The first kappa shape index (κ1) is 23.8. The summed E-state index contributed by atoms with van der Waals surface area (Å²) in [6.45, 7) is 6.66. The van der Waals surface area contributed by atoms with Crippen LogP contribution in [-0.4, -0.2) is 37.1 Å². The number of rotatable bonds is 8. The number of hydrogen-bond acceptors (Lipinski definition) is 4. The highest BCUT2D eigenvalue weighted by Gasteiger charge is 2.30. The summed E-state index contributed by atoms with van der Waals surface area (Å²) in [5, 5.41) is 2.88. The van der Waals surface area contributed by atoms with Crippen molar-refractivity contribution in [3.05, 3.63) is 59.7 Å². The number of nitrogens with one attached hydrogen (secondary N) is 1. The molecule has 0 aromatic heterocycles. The van der Waals surface area contributed by atoms with E-state index in [9.17, 15) is 18.0 Å². The molecule has 2 rings (SSSR count). The fourth-order valence-electron chi connectivity index (χ4n) is 2.58. The summed E-state index contributed by atoms with van der Waals surface area (Å²) in [6.07, 6.45) is -4.43. The number of hydrogen-bond donors (Lipinski definition) is 1. The third-order valence-corrected chi connectivity index (χ3v) is 4.15. The molecule has 0 aliphatic rings. The van der Waals surface area contributed by atoms with Crippen LogP contribution in [0, 0.1) is 0 Å². The molecule has 0 aliphatic heterocycles. The smallest absolute Gasteiger partial charge is 0.416 e. The molecular weight excluding hydrogens is 393 g/mol. The number of halogens is 4. The standard InChI is InChI=1S/C20H23F3N2O2.ClH/c1-3-25(4-2)12-13-27-19(26)17-10-5-6-11-18(17)24-16-9-7-8-15(14-16)20(21,22)23;/h5-11,14,24H,3-4,12-13H2,1-2H3;1H. The molecule has 154 valence electrons. The lowest BCUT2D eigenvalue weighted by molar-refractivity contribution is -0.137. The van der Waals surface area contributed by atoms with E-state index < -0.39 is 17.7 Å². The summed E-state index contributed by atoms with van der Waals surface area (Å²) in [4.78, 5) is 14.5. The topological polar surface area (TPSA) is 41.6 Å². The molecule has 0 radical (unpaired) electrons. The molecule has 0 amide bonds. The Morgan fingerprint density at radius 3 is 2.39 bits per heavy atom. The zero-order valence-corrected chi connectivity index (χ0v) is 16.6. The van der Waals surface area contributed by atoms with Crippen LogP contribution in [0.4, 0.5) is 24.5 Å². The summed E-state index contributed by atoms with van der Waals surface area (Å²) < 4.78 is 43.9. The van der Waals surface area contributed by atoms with Gasteiger partial charge in [-0.15, -0.1) is 12.4 Å². The highest BCUT2D eigenvalue weighted by atomic mass is 35.5. The number of anilines is 2. The summed E-state index contributed by atoms with van der Waals surface area (Å²) in [5.74, 6) is -0.516. The van der Waals surface area contributed by atoms with Crippen LogP contribution in [0.1, 0.15) is 29.8 Å². The second-order valence-corrected chi connectivity index (χ2v) is 5.91. The maximum atomic E-state index is 12.9. The number of esters is 1. The van der Waals surface area contributed by atoms with E-state index >= 15 is 0 Å². The molecule has 0 fully saturated rings. The van der Waals surface area contributed by atoms with Crippen LogP contribution in [0.3, 0.4) is 0 Å². The molecule has 1 N–H and O–H groups in total. The molecule has 0 heterocycles. The van der Waals surface area contributed by atoms with Crippen molar-refractivity contribution in [1.82, 2.24) is 4.90 Å². The number of ether oxygens (including phenoxy) is 1. The van der Waals surface area contributed by atoms with E-state index in [2.05, 4.69) is 10.2 Å². The van der Waals surface area contributed by atoms with Crippen LogP contribution in [-0.2, 0) is 10.9 Å². The number of likely N-dealkylation sites (N-methyl/N-ethyl adjacent to an activating group) is 1. The van der Waals surface area contributed by atoms with Crippen molar-refractivity contribution in [2.24, 2.45) is 0 Å². The Balaban J connectivity index is 0.00000392. The van der Waals surface area contributed by atoms with E-state index in [-0.39, 0.29) is 30.3 Å². The lowest BCUT2D eigenvalue weighted by Crippen LogP contribution is -2.28. The predicted molar refractivity (Wildman–Crippen MR) is 106 cm³/mol. The predicted octanol–water partition coefficient (Wildman–Crippen LogP) is 5.37. The maximum absolute atomic E-state index is 12.9. The molecule has 0 unspecified atom stereocenters. The highest BCUT2D eigenvalue weighted by Crippen LogP contribution is 2.31. The van der Waals surface area contributed by atoms with Gasteiger partial charge >= 0.3 is 12.1 Å². The van der Waals surface area contributed by atoms with Gasteiger partial charge in [0.15, 0.2) is 0 Å². The molecule has 0 bridgehead atoms. The number of benzene rings is 2. The molecule has 0 saturated carbocycles. The van der Waals surface area contributed by atoms with Crippen LogP contribution in [0.2, 0.25) is 0 Å². The normalized spacial score (nSPS) is 11.1. The third-order valence-electron chi connectivity index (χ3n) is 4.15. The van der Waals surface area contributed by atoms with E-state index in [1.165, 1.54) is 12.1 Å². The van der Waals surface area contributed by atoms with E-state index in [1.807, 2.05) is 13.8 Å². The van der Waals surface area contributed by atoms with Crippen LogP contribution in [0.5, 0.6) is 0 Å². The van der Waals surface area contributed by atoms with Crippen molar-refractivity contribution in [3.63, 3.8) is 0 Å². The minimum atomic E-state index is -4.43. The lowest BCUT2D eigenvalue weighted by Gasteiger charge is -2.18. The van der Waals surface area contributed by atoms with Crippen molar-refractivity contribution >= 4 is 29.8 Å². The largest absolute Gasteiger partial charge is 0.461 e. The van der Waals surface area contributed by atoms with Gasteiger partial charge in [-0.05, 0) is 43.4 Å². The summed E-state index contributed by atoms with van der Waals surface area (Å²) in [7, 11) is 0. The first-order valence-electron chi connectivity index (χ1n) is 8.78. The molecule has 0 atom stereocenters. The van der Waals surface area contributed by atoms with Crippen molar-refractivity contribution in [2.75, 3.05) is 31.6 Å². The Hall–Kier alpha value is -2.25. The summed E-state index contributed by atoms with van der Waals surface area (Å²) in [6, 6.07) is 11.4. The number of carbonyl (C=O) groups excluding carboxylic acids is 1. The molecule has 2 aromatic carbocycles.